The predicted molar refractivity (Wildman–Crippen MR) is 84.7 cm³/mol. The molecule has 0 heterocycles. The van der Waals surface area contributed by atoms with Crippen molar-refractivity contribution in [3.8, 4) is 0 Å². The van der Waals surface area contributed by atoms with E-state index >= 15 is 0 Å². The molecule has 0 radical (unpaired) electrons. The molecule has 2 aromatic carbocycles. The van der Waals surface area contributed by atoms with E-state index in [0.29, 0.717) is 0 Å². The normalized spacial score (nSPS) is 12.5. The second-order valence-corrected chi connectivity index (χ2v) is 6.13. The van der Waals surface area contributed by atoms with Gasteiger partial charge in [-0.15, -0.1) is 11.6 Å². The average Bonchev–Trinajstić information content (AvgIpc) is 2.33. The van der Waals surface area contributed by atoms with Crippen LogP contribution in [-0.2, 0) is 6.42 Å². The zero-order valence-corrected chi connectivity index (χ0v) is 13.2. The van der Waals surface area contributed by atoms with E-state index in [9.17, 15) is 0 Å². The highest BCUT2D eigenvalue weighted by molar-refractivity contribution is 6.31. The minimum absolute atomic E-state index is 0.0746. The maximum absolute atomic E-state index is 6.54. The molecule has 0 saturated heterocycles. The fourth-order valence-corrected chi connectivity index (χ4v) is 2.97. The zero-order valence-electron chi connectivity index (χ0n) is 10.9. The molecule has 1 unspecified atom stereocenters. The van der Waals surface area contributed by atoms with Gasteiger partial charge in [0, 0.05) is 10.0 Å². The quantitative estimate of drug-likeness (QED) is 0.598. The molecular weight excluding hydrogens is 299 g/mol. The second kappa shape index (κ2) is 6.17. The first-order valence-electron chi connectivity index (χ1n) is 6.12. The summed E-state index contributed by atoms with van der Waals surface area (Å²) in [6.45, 7) is 4.03. The molecule has 0 aliphatic heterocycles. The van der Waals surface area contributed by atoms with Crippen LogP contribution in [0.5, 0.6) is 0 Å². The Morgan fingerprint density at radius 3 is 2.42 bits per heavy atom. The maximum Gasteiger partial charge on any atom is 0.0628 e. The Balaban J connectivity index is 2.25. The molecule has 0 aliphatic carbocycles. The zero-order chi connectivity index (χ0) is 14.0. The molecule has 3 heteroatoms. The van der Waals surface area contributed by atoms with Crippen molar-refractivity contribution in [3.05, 3.63) is 68.7 Å². The van der Waals surface area contributed by atoms with E-state index in [1.165, 1.54) is 0 Å². The van der Waals surface area contributed by atoms with Crippen LogP contribution in [0.1, 0.15) is 27.6 Å². The third-order valence-corrected chi connectivity index (χ3v) is 4.22. The van der Waals surface area contributed by atoms with Gasteiger partial charge in [0.1, 0.15) is 0 Å². The van der Waals surface area contributed by atoms with Crippen LogP contribution >= 0.6 is 34.8 Å². The first-order valence-corrected chi connectivity index (χ1v) is 7.32. The second-order valence-electron chi connectivity index (χ2n) is 4.76. The fourth-order valence-electron chi connectivity index (χ4n) is 2.12. The molecule has 0 N–H and O–H groups in total. The van der Waals surface area contributed by atoms with Crippen LogP contribution in [0.25, 0.3) is 0 Å². The smallest absolute Gasteiger partial charge is 0.0628 e. The van der Waals surface area contributed by atoms with Crippen LogP contribution in [0.4, 0.5) is 0 Å². The van der Waals surface area contributed by atoms with Crippen molar-refractivity contribution in [2.24, 2.45) is 0 Å². The summed E-state index contributed by atoms with van der Waals surface area (Å²) < 4.78 is 0. The van der Waals surface area contributed by atoms with Gasteiger partial charge in [0.05, 0.1) is 5.38 Å². The SMILES string of the molecule is Cc1cc(C(Cl)Cc2cccc(Cl)c2)c(C)cc1Cl. The molecule has 2 rings (SSSR count). The third-order valence-electron chi connectivity index (χ3n) is 3.19. The van der Waals surface area contributed by atoms with Gasteiger partial charge in [-0.2, -0.15) is 0 Å². The molecule has 0 amide bonds. The minimum Gasteiger partial charge on any atom is -0.117 e. The Morgan fingerprint density at radius 2 is 1.74 bits per heavy atom. The van der Waals surface area contributed by atoms with E-state index in [4.69, 9.17) is 34.8 Å². The van der Waals surface area contributed by atoms with Crippen LogP contribution < -0.4 is 0 Å². The van der Waals surface area contributed by atoms with E-state index in [1.807, 2.05) is 44.2 Å². The molecule has 0 aliphatic rings. The molecule has 0 nitrogen and oxygen atoms in total. The van der Waals surface area contributed by atoms with Crippen LogP contribution in [-0.4, -0.2) is 0 Å². The average molecular weight is 314 g/mol. The molecule has 0 bridgehead atoms. The van der Waals surface area contributed by atoms with E-state index in [0.717, 1.165) is 38.7 Å². The van der Waals surface area contributed by atoms with Gasteiger partial charge in [-0.1, -0.05) is 41.4 Å². The number of hydrogen-bond acceptors (Lipinski definition) is 0. The van der Waals surface area contributed by atoms with E-state index in [1.54, 1.807) is 0 Å². The molecule has 0 spiro atoms. The topological polar surface area (TPSA) is 0 Å². The van der Waals surface area contributed by atoms with Crippen molar-refractivity contribution in [1.29, 1.82) is 0 Å². The van der Waals surface area contributed by atoms with Gasteiger partial charge in [-0.05, 0) is 60.7 Å². The standard InChI is InChI=1S/C16H15Cl3/c1-10-7-15(18)11(2)6-14(10)16(19)9-12-4-3-5-13(17)8-12/h3-8,16H,9H2,1-2H3. The van der Waals surface area contributed by atoms with Gasteiger partial charge < -0.3 is 0 Å². The Bertz CT molecular complexity index is 591. The van der Waals surface area contributed by atoms with Crippen molar-refractivity contribution in [3.63, 3.8) is 0 Å². The lowest BCUT2D eigenvalue weighted by Gasteiger charge is -2.15. The Kier molecular flexibility index (Phi) is 4.78. The minimum atomic E-state index is -0.0746. The Hall–Kier alpha value is -0.690. The molecule has 19 heavy (non-hydrogen) atoms. The van der Waals surface area contributed by atoms with Gasteiger partial charge in [0.2, 0.25) is 0 Å². The first-order chi connectivity index (χ1) is 8.97. The van der Waals surface area contributed by atoms with Gasteiger partial charge >= 0.3 is 0 Å². The van der Waals surface area contributed by atoms with Gasteiger partial charge in [-0.3, -0.25) is 0 Å². The Labute approximate surface area is 129 Å². The summed E-state index contributed by atoms with van der Waals surface area (Å²) in [7, 11) is 0. The van der Waals surface area contributed by atoms with Crippen molar-refractivity contribution < 1.29 is 0 Å². The molecule has 100 valence electrons. The van der Waals surface area contributed by atoms with E-state index in [2.05, 4.69) is 6.07 Å². The molecule has 2 aromatic rings. The van der Waals surface area contributed by atoms with Gasteiger partial charge in [0.15, 0.2) is 0 Å². The summed E-state index contributed by atoms with van der Waals surface area (Å²) in [5, 5.41) is 1.45. The van der Waals surface area contributed by atoms with Crippen molar-refractivity contribution in [1.82, 2.24) is 0 Å². The van der Waals surface area contributed by atoms with E-state index < -0.39 is 0 Å². The summed E-state index contributed by atoms with van der Waals surface area (Å²) in [6, 6.07) is 11.8. The fraction of sp³-hybridized carbons (Fsp3) is 0.250. The summed E-state index contributed by atoms with van der Waals surface area (Å²) in [5.41, 5.74) is 4.44. The summed E-state index contributed by atoms with van der Waals surface area (Å²) in [4.78, 5) is 0. The van der Waals surface area contributed by atoms with Crippen LogP contribution in [0, 0.1) is 13.8 Å². The molecule has 1 atom stereocenters. The lowest BCUT2D eigenvalue weighted by molar-refractivity contribution is 0.908. The molecular formula is C16H15Cl3. The number of alkyl halides is 1. The maximum atomic E-state index is 6.54. The highest BCUT2D eigenvalue weighted by Gasteiger charge is 2.13. The number of rotatable bonds is 3. The highest BCUT2D eigenvalue weighted by atomic mass is 35.5. The lowest BCUT2D eigenvalue weighted by Crippen LogP contribution is -1.99. The summed E-state index contributed by atoms with van der Waals surface area (Å²) in [6.07, 6.45) is 0.754. The largest absolute Gasteiger partial charge is 0.117 e. The van der Waals surface area contributed by atoms with E-state index in [-0.39, 0.29) is 5.38 Å². The van der Waals surface area contributed by atoms with Crippen molar-refractivity contribution in [2.75, 3.05) is 0 Å². The van der Waals surface area contributed by atoms with Crippen LogP contribution in [0.2, 0.25) is 10.0 Å². The predicted octanol–water partition coefficient (Wildman–Crippen LogP) is 6.13. The number of benzene rings is 2. The Morgan fingerprint density at radius 1 is 1.00 bits per heavy atom. The first kappa shape index (κ1) is 14.7. The van der Waals surface area contributed by atoms with Crippen LogP contribution in [0.3, 0.4) is 0 Å². The number of hydrogen-bond donors (Lipinski definition) is 0. The number of halogens is 3. The third kappa shape index (κ3) is 3.66. The number of aryl methyl sites for hydroxylation is 2. The molecule has 0 saturated carbocycles. The molecule has 0 fully saturated rings. The van der Waals surface area contributed by atoms with Gasteiger partial charge in [-0.25, -0.2) is 0 Å². The highest BCUT2D eigenvalue weighted by Crippen LogP contribution is 2.31. The lowest BCUT2D eigenvalue weighted by atomic mass is 9.98. The molecule has 0 aromatic heterocycles. The summed E-state index contributed by atoms with van der Waals surface area (Å²) >= 11 is 18.6. The van der Waals surface area contributed by atoms with Gasteiger partial charge in [0.25, 0.3) is 0 Å². The summed E-state index contributed by atoms with van der Waals surface area (Å²) in [5.74, 6) is 0. The monoisotopic (exact) mass is 312 g/mol. The van der Waals surface area contributed by atoms with Crippen molar-refractivity contribution >= 4 is 34.8 Å². The van der Waals surface area contributed by atoms with Crippen LogP contribution in [0.15, 0.2) is 36.4 Å². The van der Waals surface area contributed by atoms with Crippen molar-refractivity contribution in [2.45, 2.75) is 25.6 Å².